The van der Waals surface area contributed by atoms with Gasteiger partial charge in [0.2, 0.25) is 5.91 Å². The van der Waals surface area contributed by atoms with E-state index in [0.717, 1.165) is 17.7 Å². The van der Waals surface area contributed by atoms with E-state index in [1.165, 1.54) is 11.0 Å². The van der Waals surface area contributed by atoms with Crippen molar-refractivity contribution in [1.82, 2.24) is 20.0 Å². The summed E-state index contributed by atoms with van der Waals surface area (Å²) in [5.41, 5.74) is 0.745. The number of nitrogens with zero attached hydrogens (tertiary/aromatic N) is 3. The van der Waals surface area contributed by atoms with E-state index < -0.39 is 11.7 Å². The van der Waals surface area contributed by atoms with Gasteiger partial charge < -0.3 is 10.2 Å². The molecule has 1 fully saturated rings. The van der Waals surface area contributed by atoms with Gasteiger partial charge in [0, 0.05) is 45.8 Å². The van der Waals surface area contributed by atoms with Crippen LogP contribution in [0.4, 0.5) is 13.2 Å². The Bertz CT molecular complexity index is 787. The van der Waals surface area contributed by atoms with E-state index in [9.17, 15) is 18.0 Å². The molecule has 1 aliphatic heterocycles. The number of alkyl halides is 3. The Morgan fingerprint density at radius 3 is 2.81 bits per heavy atom. The maximum absolute atomic E-state index is 12.9. The van der Waals surface area contributed by atoms with Gasteiger partial charge in [-0.2, -0.15) is 18.3 Å². The van der Waals surface area contributed by atoms with Gasteiger partial charge in [-0.15, -0.1) is 0 Å². The maximum atomic E-state index is 12.9. The molecule has 1 aromatic carbocycles. The Kier molecular flexibility index (Phi) is 5.04. The van der Waals surface area contributed by atoms with Gasteiger partial charge in [0.05, 0.1) is 17.7 Å². The second-order valence-electron chi connectivity index (χ2n) is 6.71. The van der Waals surface area contributed by atoms with Crippen LogP contribution in [0.25, 0.3) is 0 Å². The highest BCUT2D eigenvalue weighted by Crippen LogP contribution is 2.31. The minimum absolute atomic E-state index is 0.0140. The highest BCUT2D eigenvalue weighted by atomic mass is 19.4. The van der Waals surface area contributed by atoms with E-state index in [0.29, 0.717) is 18.7 Å². The minimum Gasteiger partial charge on any atom is -0.341 e. The van der Waals surface area contributed by atoms with Crippen molar-refractivity contribution in [2.75, 3.05) is 20.1 Å². The van der Waals surface area contributed by atoms with Gasteiger partial charge in [-0.3, -0.25) is 9.48 Å². The predicted octanol–water partition coefficient (Wildman–Crippen LogP) is 2.40. The van der Waals surface area contributed by atoms with Crippen LogP contribution in [0.3, 0.4) is 0 Å². The van der Waals surface area contributed by atoms with Crippen molar-refractivity contribution >= 4 is 5.91 Å². The summed E-state index contributed by atoms with van der Waals surface area (Å²) in [5.74, 6) is -0.323. The zero-order chi connectivity index (χ0) is 18.9. The number of aromatic nitrogens is 2. The van der Waals surface area contributed by atoms with Crippen molar-refractivity contribution in [2.24, 2.45) is 13.0 Å². The zero-order valence-electron chi connectivity index (χ0n) is 14.6. The first-order valence-electron chi connectivity index (χ1n) is 8.36. The van der Waals surface area contributed by atoms with Crippen LogP contribution in [-0.2, 0) is 24.6 Å². The largest absolute Gasteiger partial charge is 0.416 e. The van der Waals surface area contributed by atoms with Crippen LogP contribution >= 0.6 is 0 Å². The molecular weight excluding hydrogens is 345 g/mol. The molecule has 1 aliphatic rings. The van der Waals surface area contributed by atoms with Gasteiger partial charge in [-0.1, -0.05) is 12.1 Å². The first kappa shape index (κ1) is 18.4. The fourth-order valence-corrected chi connectivity index (χ4v) is 3.40. The van der Waals surface area contributed by atoms with Crippen molar-refractivity contribution in [3.8, 4) is 0 Å². The van der Waals surface area contributed by atoms with E-state index in [4.69, 9.17) is 0 Å². The summed E-state index contributed by atoms with van der Waals surface area (Å²) in [4.78, 5) is 14.4. The van der Waals surface area contributed by atoms with E-state index in [1.54, 1.807) is 24.0 Å². The van der Waals surface area contributed by atoms with Crippen molar-refractivity contribution in [1.29, 1.82) is 0 Å². The molecule has 0 bridgehead atoms. The highest BCUT2D eigenvalue weighted by Gasteiger charge is 2.36. The lowest BCUT2D eigenvalue weighted by molar-refractivity contribution is -0.137. The average Bonchev–Trinajstić information content (AvgIpc) is 3.22. The number of rotatable bonds is 4. The monoisotopic (exact) mass is 366 g/mol. The zero-order valence-corrected chi connectivity index (χ0v) is 14.6. The molecule has 1 amide bonds. The topological polar surface area (TPSA) is 50.2 Å². The van der Waals surface area contributed by atoms with E-state index in [2.05, 4.69) is 10.4 Å². The van der Waals surface area contributed by atoms with Crippen molar-refractivity contribution in [3.63, 3.8) is 0 Å². The molecule has 2 atom stereocenters. The Morgan fingerprint density at radius 1 is 1.38 bits per heavy atom. The molecule has 26 heavy (non-hydrogen) atoms. The molecule has 2 heterocycles. The summed E-state index contributed by atoms with van der Waals surface area (Å²) >= 11 is 0. The highest BCUT2D eigenvalue weighted by molar-refractivity contribution is 5.80. The standard InChI is InChI=1S/C18H21F3N4O/c1-24(10-12-4-3-5-14(6-12)18(19,20)21)17(26)16-9-22-8-15(16)13-7-23-25(2)11-13/h3-7,11,15-16,22H,8-10H2,1-2H3/t15-,16+/m1/s1. The van der Waals surface area contributed by atoms with E-state index >= 15 is 0 Å². The van der Waals surface area contributed by atoms with Crippen molar-refractivity contribution in [3.05, 3.63) is 53.3 Å². The number of aryl methyl sites for hydroxylation is 1. The molecule has 140 valence electrons. The van der Waals surface area contributed by atoms with E-state index in [1.807, 2.05) is 13.2 Å². The second kappa shape index (κ2) is 7.11. The molecule has 0 radical (unpaired) electrons. The first-order valence-corrected chi connectivity index (χ1v) is 8.36. The fourth-order valence-electron chi connectivity index (χ4n) is 3.40. The molecule has 8 heteroatoms. The molecule has 2 aromatic rings. The van der Waals surface area contributed by atoms with Gasteiger partial charge in [0.25, 0.3) is 0 Å². The molecule has 0 saturated carbocycles. The summed E-state index contributed by atoms with van der Waals surface area (Å²) in [7, 11) is 3.45. The molecule has 0 spiro atoms. The van der Waals surface area contributed by atoms with Crippen LogP contribution in [-0.4, -0.2) is 40.7 Å². The average molecular weight is 366 g/mol. The summed E-state index contributed by atoms with van der Waals surface area (Å²) < 4.78 is 40.3. The minimum atomic E-state index is -4.39. The molecule has 1 saturated heterocycles. The molecule has 0 aliphatic carbocycles. The van der Waals surface area contributed by atoms with Gasteiger partial charge in [0.1, 0.15) is 0 Å². The van der Waals surface area contributed by atoms with Crippen LogP contribution in [0, 0.1) is 5.92 Å². The third-order valence-corrected chi connectivity index (χ3v) is 4.73. The number of carbonyl (C=O) groups is 1. The summed E-state index contributed by atoms with van der Waals surface area (Å²) in [5, 5.41) is 7.38. The summed E-state index contributed by atoms with van der Waals surface area (Å²) in [6.45, 7) is 1.36. The summed E-state index contributed by atoms with van der Waals surface area (Å²) in [6, 6.07) is 5.09. The number of benzene rings is 1. The van der Waals surface area contributed by atoms with Gasteiger partial charge in [-0.25, -0.2) is 0 Å². The number of hydrogen-bond acceptors (Lipinski definition) is 3. The third kappa shape index (κ3) is 3.90. The number of hydrogen-bond donors (Lipinski definition) is 1. The molecule has 1 aromatic heterocycles. The third-order valence-electron chi connectivity index (χ3n) is 4.73. The number of amides is 1. The van der Waals surface area contributed by atoms with Crippen LogP contribution < -0.4 is 5.32 Å². The van der Waals surface area contributed by atoms with Crippen LogP contribution in [0.1, 0.15) is 22.6 Å². The quantitative estimate of drug-likeness (QED) is 0.904. The lowest BCUT2D eigenvalue weighted by Gasteiger charge is -2.24. The number of carbonyl (C=O) groups excluding carboxylic acids is 1. The molecule has 0 unspecified atom stereocenters. The normalized spacial score (nSPS) is 20.3. The Hall–Kier alpha value is -2.35. The summed E-state index contributed by atoms with van der Waals surface area (Å²) in [6.07, 6.45) is -0.741. The van der Waals surface area contributed by atoms with Crippen molar-refractivity contribution in [2.45, 2.75) is 18.6 Å². The predicted molar refractivity (Wildman–Crippen MR) is 90.2 cm³/mol. The van der Waals surface area contributed by atoms with Gasteiger partial charge in [-0.05, 0) is 23.3 Å². The van der Waals surface area contributed by atoms with E-state index in [-0.39, 0.29) is 24.3 Å². The SMILES string of the molecule is CN(Cc1cccc(C(F)(F)F)c1)C(=O)[C@H]1CNC[C@@H]1c1cnn(C)c1. The maximum Gasteiger partial charge on any atom is 0.416 e. The smallest absolute Gasteiger partial charge is 0.341 e. The lowest BCUT2D eigenvalue weighted by atomic mass is 9.90. The van der Waals surface area contributed by atoms with Crippen LogP contribution in [0.2, 0.25) is 0 Å². The lowest BCUT2D eigenvalue weighted by Crippen LogP contribution is -2.35. The first-order chi connectivity index (χ1) is 12.3. The number of nitrogens with one attached hydrogen (secondary N) is 1. The number of halogens is 3. The van der Waals surface area contributed by atoms with Gasteiger partial charge in [0.15, 0.2) is 0 Å². The van der Waals surface area contributed by atoms with Gasteiger partial charge >= 0.3 is 6.18 Å². The van der Waals surface area contributed by atoms with Crippen LogP contribution in [0.5, 0.6) is 0 Å². The molecule has 3 rings (SSSR count). The van der Waals surface area contributed by atoms with Crippen molar-refractivity contribution < 1.29 is 18.0 Å². The Balaban J connectivity index is 1.71. The molecule has 1 N–H and O–H groups in total. The molecular formula is C18H21F3N4O. The Morgan fingerprint density at radius 2 is 2.15 bits per heavy atom. The molecule has 5 nitrogen and oxygen atoms in total. The Labute approximate surface area is 149 Å². The fraction of sp³-hybridized carbons (Fsp3) is 0.444. The van der Waals surface area contributed by atoms with Crippen LogP contribution in [0.15, 0.2) is 36.7 Å². The second-order valence-corrected chi connectivity index (χ2v) is 6.71.